The van der Waals surface area contributed by atoms with E-state index in [1.54, 1.807) is 18.7 Å². The monoisotopic (exact) mass is 1460 g/mol. The maximum atomic E-state index is 11.4. The molecule has 15 rings (SSSR count). The lowest BCUT2D eigenvalue weighted by Crippen LogP contribution is -2.29. The van der Waals surface area contributed by atoms with E-state index >= 15 is 0 Å². The Bertz CT molecular complexity index is 4830. The van der Waals surface area contributed by atoms with Crippen LogP contribution in [0.5, 0.6) is 17.2 Å². The van der Waals surface area contributed by atoms with Crippen LogP contribution in [0.2, 0.25) is 0 Å². The minimum Gasteiger partial charge on any atom is -0.489 e. The lowest BCUT2D eigenvalue weighted by molar-refractivity contribution is -0.144. The average molecular weight is 1460 g/mol. The molecule has 0 bridgehead atoms. The van der Waals surface area contributed by atoms with Crippen LogP contribution in [0.1, 0.15) is 159 Å². The van der Waals surface area contributed by atoms with Crippen LogP contribution in [0.3, 0.4) is 0 Å². The maximum Gasteiger partial charge on any atom is 0.321 e. The fourth-order valence-corrected chi connectivity index (χ4v) is 13.9. The second kappa shape index (κ2) is 34.1. The zero-order chi connectivity index (χ0) is 74.5. The van der Waals surface area contributed by atoms with Gasteiger partial charge in [-0.05, 0) is 170 Å². The Hall–Kier alpha value is -11.7. The first-order valence-electron chi connectivity index (χ1n) is 36.6. The molecule has 4 aliphatic carbocycles. The topological polar surface area (TPSA) is 383 Å². The lowest BCUT2D eigenvalue weighted by Gasteiger charge is -2.28. The summed E-state index contributed by atoms with van der Waals surface area (Å²) in [6, 6.07) is 31.7. The Morgan fingerprint density at radius 1 is 0.495 bits per heavy atom. The van der Waals surface area contributed by atoms with E-state index in [0.717, 1.165) is 108 Å². The molecule has 0 radical (unpaired) electrons. The molecule has 31 heteroatoms. The van der Waals surface area contributed by atoms with Gasteiger partial charge in [-0.15, -0.1) is 25.5 Å². The molecule has 558 valence electrons. The third-order valence-corrected chi connectivity index (χ3v) is 20.0. The van der Waals surface area contributed by atoms with Crippen molar-refractivity contribution in [3.05, 3.63) is 172 Å². The summed E-state index contributed by atoms with van der Waals surface area (Å²) < 4.78 is 32.7. The number of rotatable bonds is 26. The van der Waals surface area contributed by atoms with Crippen LogP contribution in [0.15, 0.2) is 114 Å². The Balaban J connectivity index is 0.000000142. The van der Waals surface area contributed by atoms with Gasteiger partial charge in [0.15, 0.2) is 5.82 Å². The van der Waals surface area contributed by atoms with Crippen LogP contribution in [-0.2, 0) is 80.8 Å². The molecular weight excluding hydrogens is 1370 g/mol. The van der Waals surface area contributed by atoms with Crippen molar-refractivity contribution in [2.45, 2.75) is 174 Å². The van der Waals surface area contributed by atoms with Crippen LogP contribution in [-0.4, -0.2) is 152 Å². The third-order valence-electron chi connectivity index (χ3n) is 20.0. The van der Waals surface area contributed by atoms with Gasteiger partial charge in [0.25, 0.3) is 0 Å². The van der Waals surface area contributed by atoms with Crippen LogP contribution in [0.4, 0.5) is 6.01 Å². The summed E-state index contributed by atoms with van der Waals surface area (Å²) in [7, 11) is 5.53. The van der Waals surface area contributed by atoms with E-state index in [2.05, 4.69) is 79.2 Å². The summed E-state index contributed by atoms with van der Waals surface area (Å²) >= 11 is 0. The van der Waals surface area contributed by atoms with Crippen molar-refractivity contribution in [3.8, 4) is 51.4 Å². The van der Waals surface area contributed by atoms with Crippen molar-refractivity contribution < 1.29 is 48.4 Å². The molecular formula is C76H89N21O10. The number of hydrogen-bond acceptors (Lipinski definition) is 23. The highest BCUT2D eigenvalue weighted by Crippen LogP contribution is 2.36. The molecule has 2 aromatic carbocycles. The third kappa shape index (κ3) is 19.1. The number of benzene rings is 2. The molecule has 11 aromatic rings. The normalized spacial score (nSPS) is 18.5. The van der Waals surface area contributed by atoms with Crippen molar-refractivity contribution in [1.82, 2.24) is 100 Å². The SMILES string of the molecule is CCc1nc(-c2nnn(C)c2Cn2cc(CC3CC3)nn2)ccc1O[C@H]1CCC[C@H](C(=O)O)C1.Cc1nc(-c2nnn(C)c2CNc2nc(Cc3ccccc3)no2)ccc1O[C@H]1CCC[C@H](C(=O)O)C1.Cc1nc(-c2nnn(C)c2Cn2cc(Cc3ccccc3)nn2)ccc1O[C@H]1CCC[C@H](C(=O)O)C1. The summed E-state index contributed by atoms with van der Waals surface area (Å²) in [5.41, 5.74) is 13.2. The number of ether oxygens (including phenoxy) is 3. The largest absolute Gasteiger partial charge is 0.489 e. The number of nitrogens with one attached hydrogen (secondary N) is 1. The van der Waals surface area contributed by atoms with Crippen LogP contribution >= 0.6 is 0 Å². The summed E-state index contributed by atoms with van der Waals surface area (Å²) in [5, 5.41) is 78.1. The van der Waals surface area contributed by atoms with Gasteiger partial charge in [0.2, 0.25) is 0 Å². The molecule has 31 nitrogen and oxygen atoms in total. The van der Waals surface area contributed by atoms with Gasteiger partial charge < -0.3 is 39.4 Å². The van der Waals surface area contributed by atoms with Crippen molar-refractivity contribution >= 4 is 23.9 Å². The number of carboxylic acid groups (broad SMARTS) is 3. The van der Waals surface area contributed by atoms with Gasteiger partial charge in [0.1, 0.15) is 34.3 Å². The number of carbonyl (C=O) groups is 3. The molecule has 4 N–H and O–H groups in total. The Morgan fingerprint density at radius 2 is 0.935 bits per heavy atom. The molecule has 0 saturated heterocycles. The van der Waals surface area contributed by atoms with E-state index in [4.69, 9.17) is 33.7 Å². The lowest BCUT2D eigenvalue weighted by atomic mass is 9.87. The van der Waals surface area contributed by atoms with Crippen LogP contribution in [0.25, 0.3) is 34.2 Å². The predicted octanol–water partition coefficient (Wildman–Crippen LogP) is 10.3. The first kappa shape index (κ1) is 73.6. The molecule has 4 fully saturated rings. The first-order valence-corrected chi connectivity index (χ1v) is 36.6. The minimum absolute atomic E-state index is 0.1000. The summed E-state index contributed by atoms with van der Waals surface area (Å²) in [6.45, 7) is 7.13. The summed E-state index contributed by atoms with van der Waals surface area (Å²) in [5.74, 6) is 0.129. The zero-order valence-corrected chi connectivity index (χ0v) is 60.9. The first-order chi connectivity index (χ1) is 51.9. The van der Waals surface area contributed by atoms with Gasteiger partial charge in [-0.25, -0.2) is 38.4 Å². The number of hydrogen-bond donors (Lipinski definition) is 4. The quantitative estimate of drug-likeness (QED) is 0.0391. The van der Waals surface area contributed by atoms with Gasteiger partial charge in [0, 0.05) is 46.4 Å². The molecule has 0 amide bonds. The van der Waals surface area contributed by atoms with Crippen molar-refractivity contribution in [2.24, 2.45) is 44.8 Å². The standard InChI is InChI=1S/C26H29N7O4.C26H29N7O3.C24H31N7O3/c1-16-22(36-19-10-6-9-18(14-19)25(34)35)12-11-20(28-16)24-21(33(2)32-30-24)15-27-26-29-23(31-37-26)13-17-7-4-3-5-8-17;1-17-24(36-21-10-6-9-19(14-21)26(34)35)12-11-22(27-17)25-23(32(2)30-29-25)16-33-15-20(28-31-33)13-18-7-4-3-5-8-18;1-3-19-22(34-18-6-4-5-16(12-18)24(32)33)10-9-20(25-19)23-21(30(2)28-27-23)14-31-13-17(26-29-31)11-15-7-8-15/h3-5,7-8,11-12,18-19H,6,9-10,13-15H2,1-2H3,(H,34,35)(H,27,29,31);3-5,7-8,11-12,15,19,21H,6,9-10,13-14,16H2,1-2H3,(H,34,35);9-10,13,15-16,18H,3-8,11-12,14H2,1-2H3,(H,32,33)/t18-,19-;19-,21-;16-,18-/m000/s1. The van der Waals surface area contributed by atoms with Crippen molar-refractivity contribution in [1.29, 1.82) is 0 Å². The Labute approximate surface area is 617 Å². The van der Waals surface area contributed by atoms with Crippen LogP contribution < -0.4 is 19.5 Å². The second-order valence-corrected chi connectivity index (χ2v) is 28.1. The van der Waals surface area contributed by atoms with E-state index in [1.807, 2.05) is 144 Å². The van der Waals surface area contributed by atoms with Crippen molar-refractivity contribution in [3.63, 3.8) is 0 Å². The van der Waals surface area contributed by atoms with Crippen molar-refractivity contribution in [2.75, 3.05) is 5.32 Å². The van der Waals surface area contributed by atoms with Gasteiger partial charge in [-0.3, -0.25) is 14.4 Å². The minimum atomic E-state index is -0.754. The smallest absolute Gasteiger partial charge is 0.321 e. The maximum absolute atomic E-state index is 11.4. The highest BCUT2D eigenvalue weighted by Gasteiger charge is 2.33. The number of pyridine rings is 3. The summed E-state index contributed by atoms with van der Waals surface area (Å²) in [4.78, 5) is 52.9. The molecule has 0 spiro atoms. The Morgan fingerprint density at radius 3 is 1.41 bits per heavy atom. The van der Waals surface area contributed by atoms with E-state index in [0.29, 0.717) is 134 Å². The van der Waals surface area contributed by atoms with Gasteiger partial charge >= 0.3 is 23.9 Å². The fraction of sp³-hybridized carbons (Fsp3) is 0.447. The van der Waals surface area contributed by atoms with Gasteiger partial charge in [0.05, 0.1) is 118 Å². The second-order valence-electron chi connectivity index (χ2n) is 28.1. The van der Waals surface area contributed by atoms with E-state index < -0.39 is 17.9 Å². The molecule has 9 heterocycles. The number of aryl methyl sites for hydroxylation is 6. The molecule has 4 aliphatic rings. The van der Waals surface area contributed by atoms with Gasteiger partial charge in [-0.2, -0.15) is 4.98 Å². The number of aliphatic carboxylic acids is 3. The average Bonchev–Trinajstić information content (AvgIpc) is 1.72. The van der Waals surface area contributed by atoms with E-state index in [9.17, 15) is 29.7 Å². The molecule has 6 atom stereocenters. The molecule has 0 unspecified atom stereocenters. The number of anilines is 1. The highest BCUT2D eigenvalue weighted by atomic mass is 16.5. The molecule has 107 heavy (non-hydrogen) atoms. The summed E-state index contributed by atoms with van der Waals surface area (Å²) in [6.07, 6.45) is 18.0. The van der Waals surface area contributed by atoms with E-state index in [1.165, 1.54) is 18.4 Å². The molecule has 0 aliphatic heterocycles. The molecule has 4 saturated carbocycles. The number of carboxylic acids is 3. The predicted molar refractivity (Wildman–Crippen MR) is 388 cm³/mol. The van der Waals surface area contributed by atoms with Crippen LogP contribution in [0, 0.1) is 37.5 Å². The molecule has 9 aromatic heterocycles. The number of aromatic nitrogens is 20. The Kier molecular flexibility index (Phi) is 23.4. The number of nitrogens with zero attached hydrogens (tertiary/aromatic N) is 20. The zero-order valence-electron chi connectivity index (χ0n) is 60.9. The fourth-order valence-electron chi connectivity index (χ4n) is 13.9. The highest BCUT2D eigenvalue weighted by molar-refractivity contribution is 5.71. The van der Waals surface area contributed by atoms with E-state index in [-0.39, 0.29) is 36.1 Å². The van der Waals surface area contributed by atoms with Gasteiger partial charge in [-0.1, -0.05) is 98.8 Å².